The minimum absolute atomic E-state index is 0.944. The Bertz CT molecular complexity index is 320. The van der Waals surface area contributed by atoms with Gasteiger partial charge in [0.25, 0.3) is 0 Å². The van der Waals surface area contributed by atoms with E-state index in [0.29, 0.717) is 0 Å². The highest BCUT2D eigenvalue weighted by Gasteiger charge is 2.12. The molecular formula is C12H23N3S. The Morgan fingerprint density at radius 2 is 2.06 bits per heavy atom. The van der Waals surface area contributed by atoms with Gasteiger partial charge in [-0.1, -0.05) is 13.8 Å². The SMILES string of the molecule is CCCNCc1c(C)nn(C)c1SCCC. The van der Waals surface area contributed by atoms with Crippen molar-refractivity contribution >= 4 is 11.8 Å². The van der Waals surface area contributed by atoms with Crippen molar-refractivity contribution in [1.82, 2.24) is 15.1 Å². The van der Waals surface area contributed by atoms with E-state index in [-0.39, 0.29) is 0 Å². The normalized spacial score (nSPS) is 11.0. The van der Waals surface area contributed by atoms with Crippen LogP contribution in [0, 0.1) is 6.92 Å². The molecule has 0 aliphatic carbocycles. The largest absolute Gasteiger partial charge is 0.313 e. The summed E-state index contributed by atoms with van der Waals surface area (Å²) in [5.41, 5.74) is 2.53. The Morgan fingerprint density at radius 3 is 2.69 bits per heavy atom. The van der Waals surface area contributed by atoms with Crippen molar-refractivity contribution in [3.05, 3.63) is 11.3 Å². The minimum Gasteiger partial charge on any atom is -0.313 e. The molecular weight excluding hydrogens is 218 g/mol. The first-order chi connectivity index (χ1) is 7.70. The fourth-order valence-electron chi connectivity index (χ4n) is 1.65. The smallest absolute Gasteiger partial charge is 0.0984 e. The first-order valence-corrected chi connectivity index (χ1v) is 7.05. The standard InChI is InChI=1S/C12H23N3S/c1-5-7-13-9-11-10(3)14-15(4)12(11)16-8-6-2/h13H,5-9H2,1-4H3. The number of hydrogen-bond acceptors (Lipinski definition) is 3. The van der Waals surface area contributed by atoms with Crippen LogP contribution in [0.3, 0.4) is 0 Å². The summed E-state index contributed by atoms with van der Waals surface area (Å²) < 4.78 is 2.01. The Kier molecular flexibility index (Phi) is 5.91. The van der Waals surface area contributed by atoms with E-state index in [1.165, 1.54) is 29.2 Å². The molecule has 0 unspecified atom stereocenters. The highest BCUT2D eigenvalue weighted by atomic mass is 32.2. The molecule has 92 valence electrons. The quantitative estimate of drug-likeness (QED) is 0.588. The lowest BCUT2D eigenvalue weighted by atomic mass is 10.2. The minimum atomic E-state index is 0.944. The lowest BCUT2D eigenvalue weighted by Crippen LogP contribution is -2.14. The maximum atomic E-state index is 4.50. The first kappa shape index (κ1) is 13.6. The number of nitrogens with zero attached hydrogens (tertiary/aromatic N) is 2. The van der Waals surface area contributed by atoms with E-state index in [1.807, 2.05) is 23.5 Å². The summed E-state index contributed by atoms with van der Waals surface area (Å²) in [6.07, 6.45) is 2.38. The Balaban J connectivity index is 2.71. The van der Waals surface area contributed by atoms with E-state index in [9.17, 15) is 0 Å². The van der Waals surface area contributed by atoms with Gasteiger partial charge in [0.05, 0.1) is 10.7 Å². The van der Waals surface area contributed by atoms with Crippen molar-refractivity contribution < 1.29 is 0 Å². The maximum absolute atomic E-state index is 4.50. The van der Waals surface area contributed by atoms with Crippen LogP contribution < -0.4 is 5.32 Å². The molecule has 0 aliphatic rings. The second-order valence-corrected chi connectivity index (χ2v) is 5.10. The van der Waals surface area contributed by atoms with Gasteiger partial charge < -0.3 is 5.32 Å². The molecule has 1 heterocycles. The fraction of sp³-hybridized carbons (Fsp3) is 0.750. The van der Waals surface area contributed by atoms with Crippen molar-refractivity contribution in [1.29, 1.82) is 0 Å². The summed E-state index contributed by atoms with van der Waals surface area (Å²) in [5.74, 6) is 1.17. The number of aryl methyl sites for hydroxylation is 2. The fourth-order valence-corrected chi connectivity index (χ4v) is 2.67. The van der Waals surface area contributed by atoms with Crippen LogP contribution in [0.4, 0.5) is 0 Å². The Morgan fingerprint density at radius 1 is 1.31 bits per heavy atom. The predicted molar refractivity (Wildman–Crippen MR) is 71.0 cm³/mol. The second kappa shape index (κ2) is 6.97. The zero-order valence-electron chi connectivity index (χ0n) is 10.8. The van der Waals surface area contributed by atoms with Crippen LogP contribution in [0.2, 0.25) is 0 Å². The Hall–Kier alpha value is -0.480. The number of hydrogen-bond donors (Lipinski definition) is 1. The molecule has 0 aliphatic heterocycles. The summed E-state index contributed by atoms with van der Waals surface area (Å²) in [6.45, 7) is 8.52. The molecule has 0 saturated heterocycles. The monoisotopic (exact) mass is 241 g/mol. The summed E-state index contributed by atoms with van der Waals surface area (Å²) in [5, 5.41) is 9.28. The van der Waals surface area contributed by atoms with Crippen molar-refractivity contribution in [2.75, 3.05) is 12.3 Å². The van der Waals surface area contributed by atoms with Gasteiger partial charge in [-0.25, -0.2) is 0 Å². The van der Waals surface area contributed by atoms with Crippen molar-refractivity contribution in [3.63, 3.8) is 0 Å². The van der Waals surface area contributed by atoms with Gasteiger partial charge in [-0.05, 0) is 32.1 Å². The zero-order chi connectivity index (χ0) is 12.0. The van der Waals surface area contributed by atoms with Crippen LogP contribution in [0.5, 0.6) is 0 Å². The molecule has 16 heavy (non-hydrogen) atoms. The van der Waals surface area contributed by atoms with Crippen LogP contribution in [0.1, 0.15) is 37.9 Å². The average Bonchev–Trinajstić information content (AvgIpc) is 2.52. The summed E-state index contributed by atoms with van der Waals surface area (Å²) in [6, 6.07) is 0. The van der Waals surface area contributed by atoms with Crippen LogP contribution >= 0.6 is 11.8 Å². The predicted octanol–water partition coefficient (Wildman–Crippen LogP) is 2.73. The van der Waals surface area contributed by atoms with Crippen LogP contribution in [0.25, 0.3) is 0 Å². The third kappa shape index (κ3) is 3.52. The van der Waals surface area contributed by atoms with Gasteiger partial charge in [-0.2, -0.15) is 5.10 Å². The third-order valence-corrected chi connectivity index (χ3v) is 3.86. The molecule has 0 aromatic carbocycles. The molecule has 0 atom stereocenters. The average molecular weight is 241 g/mol. The molecule has 1 N–H and O–H groups in total. The van der Waals surface area contributed by atoms with Crippen LogP contribution in [0.15, 0.2) is 5.03 Å². The molecule has 0 spiro atoms. The highest BCUT2D eigenvalue weighted by Crippen LogP contribution is 2.25. The van der Waals surface area contributed by atoms with Crippen LogP contribution in [-0.2, 0) is 13.6 Å². The lowest BCUT2D eigenvalue weighted by Gasteiger charge is -2.06. The van der Waals surface area contributed by atoms with Crippen molar-refractivity contribution in [3.8, 4) is 0 Å². The van der Waals surface area contributed by atoms with E-state index < -0.39 is 0 Å². The third-order valence-electron chi connectivity index (χ3n) is 2.46. The van der Waals surface area contributed by atoms with Gasteiger partial charge in [-0.15, -0.1) is 11.8 Å². The van der Waals surface area contributed by atoms with Crippen molar-refractivity contribution in [2.24, 2.45) is 7.05 Å². The summed E-state index contributed by atoms with van der Waals surface area (Å²) in [4.78, 5) is 0. The van der Waals surface area contributed by atoms with Gasteiger partial charge in [0.1, 0.15) is 0 Å². The second-order valence-electron chi connectivity index (χ2n) is 4.02. The van der Waals surface area contributed by atoms with Gasteiger partial charge >= 0.3 is 0 Å². The first-order valence-electron chi connectivity index (χ1n) is 6.06. The number of thioether (sulfide) groups is 1. The lowest BCUT2D eigenvalue weighted by molar-refractivity contribution is 0.653. The molecule has 0 fully saturated rings. The molecule has 4 heteroatoms. The summed E-state index contributed by atoms with van der Waals surface area (Å²) >= 11 is 1.91. The van der Waals surface area contributed by atoms with E-state index >= 15 is 0 Å². The molecule has 1 aromatic heterocycles. The zero-order valence-corrected chi connectivity index (χ0v) is 11.7. The number of rotatable bonds is 7. The van der Waals surface area contributed by atoms with Gasteiger partial charge in [-0.3, -0.25) is 4.68 Å². The molecule has 1 rings (SSSR count). The molecule has 3 nitrogen and oxygen atoms in total. The highest BCUT2D eigenvalue weighted by molar-refractivity contribution is 7.99. The molecule has 0 saturated carbocycles. The van der Waals surface area contributed by atoms with Gasteiger partial charge in [0.15, 0.2) is 0 Å². The van der Waals surface area contributed by atoms with E-state index in [1.54, 1.807) is 0 Å². The number of aromatic nitrogens is 2. The molecule has 0 amide bonds. The van der Waals surface area contributed by atoms with E-state index in [0.717, 1.165) is 18.8 Å². The van der Waals surface area contributed by atoms with Gasteiger partial charge in [0, 0.05) is 19.2 Å². The maximum Gasteiger partial charge on any atom is 0.0984 e. The summed E-state index contributed by atoms with van der Waals surface area (Å²) in [7, 11) is 2.04. The van der Waals surface area contributed by atoms with Gasteiger partial charge in [0.2, 0.25) is 0 Å². The van der Waals surface area contributed by atoms with Crippen LogP contribution in [-0.4, -0.2) is 22.1 Å². The Labute approximate surface area is 103 Å². The number of nitrogens with one attached hydrogen (secondary N) is 1. The molecule has 1 aromatic rings. The molecule has 0 bridgehead atoms. The molecule has 0 radical (unpaired) electrons. The van der Waals surface area contributed by atoms with E-state index in [2.05, 4.69) is 31.2 Å². The van der Waals surface area contributed by atoms with Crippen molar-refractivity contribution in [2.45, 2.75) is 45.2 Å². The topological polar surface area (TPSA) is 29.9 Å². The van der Waals surface area contributed by atoms with E-state index in [4.69, 9.17) is 0 Å².